The lowest BCUT2D eigenvalue weighted by Crippen LogP contribution is -2.08. The van der Waals surface area contributed by atoms with Crippen molar-refractivity contribution in [2.24, 2.45) is 0 Å². The third-order valence-electron chi connectivity index (χ3n) is 3.74. The Balaban J connectivity index is 1.69. The quantitative estimate of drug-likeness (QED) is 0.363. The first kappa shape index (κ1) is 15.8. The van der Waals surface area contributed by atoms with E-state index in [0.29, 0.717) is 11.3 Å². The molecule has 3 aromatic rings. The van der Waals surface area contributed by atoms with Crippen molar-refractivity contribution < 1.29 is 9.53 Å². The fraction of sp³-hybridized carbons (Fsp3) is 0.0455. The maximum Gasteiger partial charge on any atom is 0.343 e. The van der Waals surface area contributed by atoms with E-state index < -0.39 is 0 Å². The summed E-state index contributed by atoms with van der Waals surface area (Å²) in [5.74, 6) is 0.183. The molecule has 0 N–H and O–H groups in total. The van der Waals surface area contributed by atoms with E-state index in [0.717, 1.165) is 23.1 Å². The lowest BCUT2D eigenvalue weighted by atomic mass is 10.1. The summed E-state index contributed by atoms with van der Waals surface area (Å²) in [5.41, 5.74) is 3.88. The molecule has 0 saturated carbocycles. The predicted molar refractivity (Wildman–Crippen MR) is 97.2 cm³/mol. The van der Waals surface area contributed by atoms with Crippen LogP contribution in [0.15, 0.2) is 91.5 Å². The highest BCUT2D eigenvalue weighted by Crippen LogP contribution is 2.22. The van der Waals surface area contributed by atoms with E-state index in [9.17, 15) is 4.79 Å². The molecule has 2 nitrogen and oxygen atoms in total. The third-order valence-corrected chi connectivity index (χ3v) is 3.74. The minimum atomic E-state index is -0.354. The molecule has 0 heterocycles. The molecule has 0 amide bonds. The van der Waals surface area contributed by atoms with Crippen molar-refractivity contribution in [3.05, 3.63) is 103 Å². The smallest absolute Gasteiger partial charge is 0.343 e. The van der Waals surface area contributed by atoms with E-state index in [2.05, 4.69) is 6.58 Å². The number of hydrogen-bond acceptors (Lipinski definition) is 2. The Morgan fingerprint density at radius 1 is 0.833 bits per heavy atom. The van der Waals surface area contributed by atoms with Crippen LogP contribution < -0.4 is 4.74 Å². The van der Waals surface area contributed by atoms with Crippen molar-refractivity contribution in [1.82, 2.24) is 0 Å². The normalized spacial score (nSPS) is 10.2. The van der Waals surface area contributed by atoms with Gasteiger partial charge in [0, 0.05) is 0 Å². The molecule has 118 valence electrons. The number of hydrogen-bond donors (Lipinski definition) is 0. The summed E-state index contributed by atoms with van der Waals surface area (Å²) in [5, 5.41) is 0. The zero-order valence-corrected chi connectivity index (χ0v) is 13.3. The Morgan fingerprint density at radius 3 is 2.08 bits per heavy atom. The molecule has 0 aromatic heterocycles. The summed E-state index contributed by atoms with van der Waals surface area (Å²) in [6, 6.07) is 25.0. The molecule has 0 atom stereocenters. The third kappa shape index (κ3) is 3.79. The van der Waals surface area contributed by atoms with E-state index in [4.69, 9.17) is 4.74 Å². The number of allylic oxidation sites excluding steroid dienone is 1. The van der Waals surface area contributed by atoms with Gasteiger partial charge in [0.2, 0.25) is 0 Å². The first-order valence-corrected chi connectivity index (χ1v) is 7.84. The van der Waals surface area contributed by atoms with Gasteiger partial charge < -0.3 is 4.74 Å². The largest absolute Gasteiger partial charge is 0.423 e. The second-order valence-corrected chi connectivity index (χ2v) is 5.47. The highest BCUT2D eigenvalue weighted by atomic mass is 16.5. The van der Waals surface area contributed by atoms with Crippen LogP contribution in [0.1, 0.15) is 15.9 Å². The minimum absolute atomic E-state index is 0.354. The highest BCUT2D eigenvalue weighted by molar-refractivity contribution is 5.91. The van der Waals surface area contributed by atoms with E-state index in [1.165, 1.54) is 0 Å². The molecular weight excluding hydrogens is 296 g/mol. The van der Waals surface area contributed by atoms with Crippen LogP contribution in [0, 0.1) is 0 Å². The summed E-state index contributed by atoms with van der Waals surface area (Å²) in [6.45, 7) is 3.71. The van der Waals surface area contributed by atoms with Gasteiger partial charge in [-0.3, -0.25) is 0 Å². The molecule has 0 saturated heterocycles. The van der Waals surface area contributed by atoms with Crippen molar-refractivity contribution in [2.45, 2.75) is 6.42 Å². The van der Waals surface area contributed by atoms with Crippen LogP contribution in [0.25, 0.3) is 11.1 Å². The average Bonchev–Trinajstić information content (AvgIpc) is 2.64. The van der Waals surface area contributed by atoms with E-state index >= 15 is 0 Å². The van der Waals surface area contributed by atoms with Crippen LogP contribution in [0.2, 0.25) is 0 Å². The zero-order chi connectivity index (χ0) is 16.8. The molecule has 0 spiro atoms. The molecule has 3 rings (SSSR count). The molecule has 2 heteroatoms. The Kier molecular flexibility index (Phi) is 4.87. The van der Waals surface area contributed by atoms with Gasteiger partial charge >= 0.3 is 5.97 Å². The molecule has 0 radical (unpaired) electrons. The monoisotopic (exact) mass is 314 g/mol. The fourth-order valence-corrected chi connectivity index (χ4v) is 2.46. The lowest BCUT2D eigenvalue weighted by molar-refractivity contribution is 0.0735. The number of ether oxygens (including phenoxy) is 1. The standard InChI is InChI=1S/C22H18O2/c1-2-6-17-9-11-20(12-10-17)22(23)24-21-15-13-19(14-16-21)18-7-4-3-5-8-18/h2-5,7-16H,1,6H2. The molecule has 0 aliphatic rings. The van der Waals surface area contributed by atoms with Crippen molar-refractivity contribution in [2.75, 3.05) is 0 Å². The molecule has 0 aliphatic heterocycles. The van der Waals surface area contributed by atoms with Crippen LogP contribution in [0.4, 0.5) is 0 Å². The molecule has 0 bridgehead atoms. The van der Waals surface area contributed by atoms with E-state index in [1.807, 2.05) is 72.8 Å². The number of carbonyl (C=O) groups excluding carboxylic acids is 1. The lowest BCUT2D eigenvalue weighted by Gasteiger charge is -2.06. The first-order chi connectivity index (χ1) is 11.8. The van der Waals surface area contributed by atoms with Crippen LogP contribution in [0.3, 0.4) is 0 Å². The van der Waals surface area contributed by atoms with Gasteiger partial charge in [0.05, 0.1) is 5.56 Å². The number of benzene rings is 3. The molecule has 0 fully saturated rings. The summed E-state index contributed by atoms with van der Waals surface area (Å²) in [7, 11) is 0. The van der Waals surface area contributed by atoms with Gasteiger partial charge in [-0.1, -0.05) is 60.7 Å². The van der Waals surface area contributed by atoms with Gasteiger partial charge in [-0.25, -0.2) is 4.79 Å². The van der Waals surface area contributed by atoms with Crippen LogP contribution in [-0.2, 0) is 6.42 Å². The topological polar surface area (TPSA) is 26.3 Å². The van der Waals surface area contributed by atoms with Crippen LogP contribution >= 0.6 is 0 Å². The van der Waals surface area contributed by atoms with E-state index in [1.54, 1.807) is 12.1 Å². The maximum absolute atomic E-state index is 12.2. The van der Waals surface area contributed by atoms with Gasteiger partial charge in [0.1, 0.15) is 5.75 Å². The van der Waals surface area contributed by atoms with Crippen molar-refractivity contribution >= 4 is 5.97 Å². The Labute approximate surface area is 142 Å². The Hall–Kier alpha value is -3.13. The van der Waals surface area contributed by atoms with Crippen LogP contribution in [-0.4, -0.2) is 5.97 Å². The first-order valence-electron chi connectivity index (χ1n) is 7.84. The molecule has 0 unspecified atom stereocenters. The molecule has 24 heavy (non-hydrogen) atoms. The number of esters is 1. The van der Waals surface area contributed by atoms with Gasteiger partial charge in [-0.05, 0) is 47.4 Å². The molecular formula is C22H18O2. The Bertz CT molecular complexity index is 816. The fourth-order valence-electron chi connectivity index (χ4n) is 2.46. The van der Waals surface area contributed by atoms with Crippen molar-refractivity contribution in [1.29, 1.82) is 0 Å². The minimum Gasteiger partial charge on any atom is -0.423 e. The van der Waals surface area contributed by atoms with Gasteiger partial charge in [0.15, 0.2) is 0 Å². The van der Waals surface area contributed by atoms with E-state index in [-0.39, 0.29) is 5.97 Å². The van der Waals surface area contributed by atoms with Gasteiger partial charge in [-0.15, -0.1) is 6.58 Å². The molecule has 3 aromatic carbocycles. The Morgan fingerprint density at radius 2 is 1.46 bits per heavy atom. The summed E-state index contributed by atoms with van der Waals surface area (Å²) >= 11 is 0. The summed E-state index contributed by atoms with van der Waals surface area (Å²) in [6.07, 6.45) is 2.62. The highest BCUT2D eigenvalue weighted by Gasteiger charge is 2.08. The second kappa shape index (κ2) is 7.42. The summed E-state index contributed by atoms with van der Waals surface area (Å²) < 4.78 is 5.43. The number of carbonyl (C=O) groups is 1. The molecule has 0 aliphatic carbocycles. The van der Waals surface area contributed by atoms with Gasteiger partial charge in [0.25, 0.3) is 0 Å². The maximum atomic E-state index is 12.2. The van der Waals surface area contributed by atoms with Gasteiger partial charge in [-0.2, -0.15) is 0 Å². The number of rotatable bonds is 5. The van der Waals surface area contributed by atoms with Crippen LogP contribution in [0.5, 0.6) is 5.75 Å². The average molecular weight is 314 g/mol. The SMILES string of the molecule is C=CCc1ccc(C(=O)Oc2ccc(-c3ccccc3)cc2)cc1. The van der Waals surface area contributed by atoms with Crippen molar-refractivity contribution in [3.8, 4) is 16.9 Å². The second-order valence-electron chi connectivity index (χ2n) is 5.47. The zero-order valence-electron chi connectivity index (χ0n) is 13.3. The summed E-state index contributed by atoms with van der Waals surface area (Å²) in [4.78, 5) is 12.2. The predicted octanol–water partition coefficient (Wildman–Crippen LogP) is 5.30. The van der Waals surface area contributed by atoms with Crippen molar-refractivity contribution in [3.63, 3.8) is 0 Å².